The number of rotatable bonds is 10. The van der Waals surface area contributed by atoms with E-state index in [4.69, 9.17) is 9.72 Å². The van der Waals surface area contributed by atoms with E-state index in [1.165, 1.54) is 0 Å². The van der Waals surface area contributed by atoms with Crippen molar-refractivity contribution in [2.75, 3.05) is 41.9 Å². The van der Waals surface area contributed by atoms with E-state index in [2.05, 4.69) is 53.4 Å². The van der Waals surface area contributed by atoms with Crippen LogP contribution in [0.4, 0.5) is 17.5 Å². The fourth-order valence-corrected chi connectivity index (χ4v) is 4.66. The van der Waals surface area contributed by atoms with Gasteiger partial charge < -0.3 is 15.0 Å². The second kappa shape index (κ2) is 11.8. The van der Waals surface area contributed by atoms with Crippen LogP contribution in [-0.4, -0.2) is 42.6 Å². The van der Waals surface area contributed by atoms with Crippen LogP contribution >= 0.6 is 0 Å². The molecule has 7 heteroatoms. The minimum absolute atomic E-state index is 0.0202. The second-order valence-electron chi connectivity index (χ2n) is 9.50. The third kappa shape index (κ3) is 5.94. The number of para-hydroxylation sites is 1. The summed E-state index contributed by atoms with van der Waals surface area (Å²) in [6, 6.07) is 27.9. The first-order valence-electron chi connectivity index (χ1n) is 13.1. The lowest BCUT2D eigenvalue weighted by Gasteiger charge is -2.25. The molecule has 0 radical (unpaired) electrons. The van der Waals surface area contributed by atoms with E-state index in [0.29, 0.717) is 30.5 Å². The summed E-state index contributed by atoms with van der Waals surface area (Å²) in [6.45, 7) is 4.05. The molecule has 2 heterocycles. The highest BCUT2D eigenvalue weighted by Crippen LogP contribution is 2.27. The molecule has 0 saturated heterocycles. The van der Waals surface area contributed by atoms with Crippen molar-refractivity contribution in [2.45, 2.75) is 25.8 Å². The summed E-state index contributed by atoms with van der Waals surface area (Å²) in [7, 11) is 2.07. The van der Waals surface area contributed by atoms with Crippen molar-refractivity contribution >= 4 is 23.4 Å². The van der Waals surface area contributed by atoms with Gasteiger partial charge in [-0.1, -0.05) is 48.5 Å². The zero-order valence-electron chi connectivity index (χ0n) is 21.9. The Hall–Kier alpha value is -4.39. The van der Waals surface area contributed by atoms with Gasteiger partial charge in [0.25, 0.3) is 5.91 Å². The maximum Gasteiger partial charge on any atom is 0.259 e. The Morgan fingerprint density at radius 2 is 1.76 bits per heavy atom. The molecule has 0 aliphatic carbocycles. The van der Waals surface area contributed by atoms with E-state index in [1.54, 1.807) is 17.2 Å². The van der Waals surface area contributed by atoms with E-state index < -0.39 is 0 Å². The number of hydrogen-bond acceptors (Lipinski definition) is 6. The Bertz CT molecular complexity index is 1360. The van der Waals surface area contributed by atoms with Gasteiger partial charge in [-0.3, -0.25) is 9.69 Å². The fraction of sp³-hybridized carbons (Fsp3) is 0.258. The summed E-state index contributed by atoms with van der Waals surface area (Å²) >= 11 is 0. The van der Waals surface area contributed by atoms with Crippen molar-refractivity contribution in [1.82, 2.24) is 9.97 Å². The molecule has 194 valence electrons. The van der Waals surface area contributed by atoms with Crippen molar-refractivity contribution < 1.29 is 9.53 Å². The molecule has 0 fully saturated rings. The summed E-state index contributed by atoms with van der Waals surface area (Å²) in [6.07, 6.45) is 3.30. The average molecular weight is 508 g/mol. The molecule has 38 heavy (non-hydrogen) atoms. The van der Waals surface area contributed by atoms with Gasteiger partial charge in [0.05, 0.1) is 12.6 Å². The van der Waals surface area contributed by atoms with E-state index >= 15 is 0 Å². The number of hydrogen-bond donors (Lipinski definition) is 1. The first-order valence-corrected chi connectivity index (χ1v) is 13.1. The number of ether oxygens (including phenoxy) is 1. The van der Waals surface area contributed by atoms with Gasteiger partial charge in [-0.25, -0.2) is 4.98 Å². The van der Waals surface area contributed by atoms with Gasteiger partial charge in [0.1, 0.15) is 11.6 Å². The molecule has 1 aromatic heterocycles. The number of carbonyl (C=O) groups is 1. The molecule has 7 nitrogen and oxygen atoms in total. The molecule has 1 aliphatic rings. The van der Waals surface area contributed by atoms with Crippen LogP contribution in [0.3, 0.4) is 0 Å². The maximum atomic E-state index is 13.8. The first kappa shape index (κ1) is 25.3. The Morgan fingerprint density at radius 3 is 2.55 bits per heavy atom. The van der Waals surface area contributed by atoms with Gasteiger partial charge in [0.15, 0.2) is 0 Å². The molecule has 0 unspecified atom stereocenters. The SMILES string of the molecule is C[C@H](Nc1nccc(N(CCCN(C)c2ccccc2)C(=O)c2ccc3c(c2)CCO3)n1)c1ccccc1. The number of fused-ring (bicyclic) bond motifs is 1. The van der Waals surface area contributed by atoms with Gasteiger partial charge in [0, 0.05) is 44.0 Å². The molecule has 0 bridgehead atoms. The Kier molecular flexibility index (Phi) is 7.83. The molecule has 0 spiro atoms. The topological polar surface area (TPSA) is 70.6 Å². The molecule has 1 aliphatic heterocycles. The van der Waals surface area contributed by atoms with E-state index in [1.807, 2.05) is 54.6 Å². The zero-order chi connectivity index (χ0) is 26.3. The number of amides is 1. The van der Waals surface area contributed by atoms with E-state index in [9.17, 15) is 4.79 Å². The van der Waals surface area contributed by atoms with Crippen molar-refractivity contribution in [2.24, 2.45) is 0 Å². The number of nitrogens with zero attached hydrogens (tertiary/aromatic N) is 4. The smallest absolute Gasteiger partial charge is 0.259 e. The number of aromatic nitrogens is 2. The van der Waals surface area contributed by atoms with Crippen molar-refractivity contribution in [1.29, 1.82) is 0 Å². The van der Waals surface area contributed by atoms with Crippen molar-refractivity contribution in [3.05, 3.63) is 108 Å². The normalized spacial score (nSPS) is 12.8. The molecule has 1 amide bonds. The third-order valence-corrected chi connectivity index (χ3v) is 6.82. The van der Waals surface area contributed by atoms with Crippen LogP contribution in [0.15, 0.2) is 91.1 Å². The van der Waals surface area contributed by atoms with Gasteiger partial charge >= 0.3 is 0 Å². The highest BCUT2D eigenvalue weighted by atomic mass is 16.5. The molecule has 4 aromatic rings. The number of anilines is 3. The number of nitrogens with one attached hydrogen (secondary N) is 1. The number of carbonyl (C=O) groups excluding carboxylic acids is 1. The van der Waals surface area contributed by atoms with Crippen LogP contribution < -0.4 is 19.9 Å². The summed E-state index contributed by atoms with van der Waals surface area (Å²) in [5.41, 5.74) is 3.99. The molecule has 0 saturated carbocycles. The predicted molar refractivity (Wildman–Crippen MR) is 152 cm³/mol. The summed E-state index contributed by atoms with van der Waals surface area (Å²) in [5.74, 6) is 1.84. The Morgan fingerprint density at radius 1 is 1.00 bits per heavy atom. The molecule has 5 rings (SSSR count). The highest BCUT2D eigenvalue weighted by Gasteiger charge is 2.22. The highest BCUT2D eigenvalue weighted by molar-refractivity contribution is 6.05. The van der Waals surface area contributed by atoms with Crippen LogP contribution in [0.25, 0.3) is 0 Å². The number of benzene rings is 3. The van der Waals surface area contributed by atoms with Crippen LogP contribution in [0.5, 0.6) is 5.75 Å². The summed E-state index contributed by atoms with van der Waals surface area (Å²) < 4.78 is 5.64. The largest absolute Gasteiger partial charge is 0.493 e. The second-order valence-corrected chi connectivity index (χ2v) is 9.50. The zero-order valence-corrected chi connectivity index (χ0v) is 21.9. The standard InChI is InChI=1S/C31H33N5O2/c1-23(24-10-5-3-6-11-24)33-31-32-18-16-29(34-31)36(20-9-19-35(2)27-12-7-4-8-13-27)30(37)26-14-15-28-25(22-26)17-21-38-28/h3-8,10-16,18,22-23H,9,17,19-21H2,1-2H3,(H,32,33,34)/t23-/m0/s1. The quantitative estimate of drug-likeness (QED) is 0.294. The molecular formula is C31H33N5O2. The predicted octanol–water partition coefficient (Wildman–Crippen LogP) is 5.76. The lowest BCUT2D eigenvalue weighted by atomic mass is 10.1. The van der Waals surface area contributed by atoms with Gasteiger partial charge in [0.2, 0.25) is 5.95 Å². The molecular weight excluding hydrogens is 474 g/mol. The Labute approximate surface area is 224 Å². The minimum atomic E-state index is -0.0807. The van der Waals surface area contributed by atoms with Gasteiger partial charge in [-0.05, 0) is 60.9 Å². The minimum Gasteiger partial charge on any atom is -0.493 e. The first-order chi connectivity index (χ1) is 18.6. The maximum absolute atomic E-state index is 13.8. The van der Waals surface area contributed by atoms with Crippen LogP contribution in [0.1, 0.15) is 40.9 Å². The average Bonchev–Trinajstić information content (AvgIpc) is 3.44. The summed E-state index contributed by atoms with van der Waals surface area (Å²) in [4.78, 5) is 27.0. The third-order valence-electron chi connectivity index (χ3n) is 6.82. The monoisotopic (exact) mass is 507 g/mol. The van der Waals surface area contributed by atoms with Crippen LogP contribution in [0, 0.1) is 0 Å². The molecule has 1 atom stereocenters. The van der Waals surface area contributed by atoms with E-state index in [-0.39, 0.29) is 11.9 Å². The van der Waals surface area contributed by atoms with Crippen LogP contribution in [-0.2, 0) is 6.42 Å². The Balaban J connectivity index is 1.36. The fourth-order valence-electron chi connectivity index (χ4n) is 4.66. The van der Waals surface area contributed by atoms with Gasteiger partial charge in [-0.2, -0.15) is 4.98 Å². The van der Waals surface area contributed by atoms with Crippen molar-refractivity contribution in [3.63, 3.8) is 0 Å². The van der Waals surface area contributed by atoms with Crippen molar-refractivity contribution in [3.8, 4) is 5.75 Å². The van der Waals surface area contributed by atoms with Gasteiger partial charge in [-0.15, -0.1) is 0 Å². The summed E-state index contributed by atoms with van der Waals surface area (Å²) in [5, 5.41) is 3.38. The van der Waals surface area contributed by atoms with Crippen LogP contribution in [0.2, 0.25) is 0 Å². The molecule has 1 N–H and O–H groups in total. The lowest BCUT2D eigenvalue weighted by Crippen LogP contribution is -2.34. The molecule has 3 aromatic carbocycles. The van der Waals surface area contributed by atoms with E-state index in [0.717, 1.165) is 42.0 Å². The lowest BCUT2D eigenvalue weighted by molar-refractivity contribution is 0.0986.